The topological polar surface area (TPSA) is 131 Å². The van der Waals surface area contributed by atoms with Gasteiger partial charge >= 0.3 is 11.9 Å². The second-order valence-corrected chi connectivity index (χ2v) is 17.3. The number of carbonyl (C=O) groups excluding carboxylic acids is 2. The summed E-state index contributed by atoms with van der Waals surface area (Å²) in [5.74, 6) is -0.932. The molecule has 0 radical (unpaired) electrons. The van der Waals surface area contributed by atoms with Gasteiger partial charge in [0, 0.05) is 12.8 Å². The molecule has 0 fully saturated rings. The first kappa shape index (κ1) is 54.7. The highest BCUT2D eigenvalue weighted by molar-refractivity contribution is 7.45. The van der Waals surface area contributed by atoms with Gasteiger partial charge in [-0.25, -0.2) is 0 Å². The van der Waals surface area contributed by atoms with Crippen molar-refractivity contribution >= 4 is 19.8 Å². The smallest absolute Gasteiger partial charge is 0.306 e. The normalized spacial score (nSPS) is 14.7. The van der Waals surface area contributed by atoms with Gasteiger partial charge in [-0.05, 0) is 70.6 Å². The Morgan fingerprint density at radius 1 is 0.632 bits per heavy atom. The fourth-order valence-electron chi connectivity index (χ4n) is 5.54. The van der Waals surface area contributed by atoms with Crippen LogP contribution in [0.2, 0.25) is 0 Å². The fraction of sp³-hybridized carbons (Fsp3) is 0.739. The molecule has 57 heavy (non-hydrogen) atoms. The lowest BCUT2D eigenvalue weighted by Gasteiger charge is -2.28. The molecule has 0 amide bonds. The van der Waals surface area contributed by atoms with Gasteiger partial charge in [-0.1, -0.05) is 139 Å². The van der Waals surface area contributed by atoms with E-state index in [0.29, 0.717) is 30.3 Å². The average molecular weight is 824 g/mol. The van der Waals surface area contributed by atoms with E-state index in [2.05, 4.69) is 50.3 Å². The molecule has 10 nitrogen and oxygen atoms in total. The summed E-state index contributed by atoms with van der Waals surface area (Å²) in [7, 11) is 1.09. The third kappa shape index (κ3) is 41.6. The number of esters is 2. The third-order valence-corrected chi connectivity index (χ3v) is 10.0. The van der Waals surface area contributed by atoms with Gasteiger partial charge in [0.15, 0.2) is 6.10 Å². The SMILES string of the molecule is CCCCCC/C=C\CCCCCCCCCC(=O)OC[C@H](COP(=O)([O-])OCC[N+](C)(C)C)OC(=O)CCC/C=C\C/C=C\C/C=C\C/C=C\[C@H](O)CCCC. The summed E-state index contributed by atoms with van der Waals surface area (Å²) in [6.07, 6.45) is 41.6. The molecule has 0 aliphatic rings. The number of phosphoric acid groups is 1. The number of allylic oxidation sites excluding steroid dienone is 9. The molecule has 11 heteroatoms. The molecule has 330 valence electrons. The maximum atomic E-state index is 12.6. The molecular weight excluding hydrogens is 741 g/mol. The molecular formula is C46H82NO9P. The zero-order valence-electron chi connectivity index (χ0n) is 36.6. The number of likely N-dealkylation sites (N-methyl/N-ethyl adjacent to an activating group) is 1. The van der Waals surface area contributed by atoms with Gasteiger partial charge in [-0.15, -0.1) is 0 Å². The van der Waals surface area contributed by atoms with Crippen LogP contribution in [0.15, 0.2) is 60.8 Å². The first-order valence-electron chi connectivity index (χ1n) is 22.1. The Bertz CT molecular complexity index is 1170. The van der Waals surface area contributed by atoms with Crippen LogP contribution >= 0.6 is 7.82 Å². The van der Waals surface area contributed by atoms with Gasteiger partial charge in [-0.2, -0.15) is 0 Å². The minimum Gasteiger partial charge on any atom is -0.756 e. The van der Waals surface area contributed by atoms with Crippen molar-refractivity contribution in [3.63, 3.8) is 0 Å². The predicted octanol–water partition coefficient (Wildman–Crippen LogP) is 10.8. The number of hydrogen-bond donors (Lipinski definition) is 1. The maximum Gasteiger partial charge on any atom is 0.306 e. The van der Waals surface area contributed by atoms with E-state index < -0.39 is 32.5 Å². The van der Waals surface area contributed by atoms with E-state index in [4.69, 9.17) is 18.5 Å². The Kier molecular flexibility index (Phi) is 36.4. The average Bonchev–Trinajstić information content (AvgIpc) is 3.16. The highest BCUT2D eigenvalue weighted by Gasteiger charge is 2.21. The van der Waals surface area contributed by atoms with Gasteiger partial charge in [0.05, 0.1) is 33.9 Å². The second kappa shape index (κ2) is 37.9. The number of phosphoric ester groups is 1. The first-order chi connectivity index (χ1) is 27.4. The van der Waals surface area contributed by atoms with Crippen molar-refractivity contribution in [2.24, 2.45) is 0 Å². The Morgan fingerprint density at radius 3 is 1.75 bits per heavy atom. The molecule has 0 aromatic rings. The molecule has 0 heterocycles. The molecule has 0 aromatic heterocycles. The lowest BCUT2D eigenvalue weighted by molar-refractivity contribution is -0.870. The van der Waals surface area contributed by atoms with Crippen molar-refractivity contribution < 1.29 is 47.2 Å². The number of aliphatic hydroxyl groups is 1. The number of rotatable bonds is 39. The molecule has 1 unspecified atom stereocenters. The Labute approximate surface area is 348 Å². The number of quaternary nitrogens is 1. The maximum absolute atomic E-state index is 12.6. The minimum absolute atomic E-state index is 0.0513. The van der Waals surface area contributed by atoms with Crippen molar-refractivity contribution in [3.05, 3.63) is 60.8 Å². The third-order valence-electron chi connectivity index (χ3n) is 9.08. The van der Waals surface area contributed by atoms with E-state index in [1.807, 2.05) is 45.4 Å². The van der Waals surface area contributed by atoms with Crippen LogP contribution in [-0.4, -0.2) is 81.2 Å². The van der Waals surface area contributed by atoms with Crippen LogP contribution in [0.25, 0.3) is 0 Å². The lowest BCUT2D eigenvalue weighted by Crippen LogP contribution is -2.37. The van der Waals surface area contributed by atoms with Crippen LogP contribution in [0.1, 0.15) is 162 Å². The fourth-order valence-corrected chi connectivity index (χ4v) is 6.27. The van der Waals surface area contributed by atoms with Crippen LogP contribution in [-0.2, 0) is 32.7 Å². The monoisotopic (exact) mass is 824 g/mol. The summed E-state index contributed by atoms with van der Waals surface area (Å²) < 4.78 is 33.8. The van der Waals surface area contributed by atoms with E-state index in [1.165, 1.54) is 51.4 Å². The van der Waals surface area contributed by atoms with Gasteiger partial charge in [0.25, 0.3) is 7.82 Å². The summed E-state index contributed by atoms with van der Waals surface area (Å²) in [5, 5.41) is 9.82. The molecule has 0 saturated heterocycles. The van der Waals surface area contributed by atoms with Crippen LogP contribution in [0.3, 0.4) is 0 Å². The Hall–Kier alpha value is -2.33. The number of ether oxygens (including phenoxy) is 2. The van der Waals surface area contributed by atoms with Crippen molar-refractivity contribution in [2.75, 3.05) is 47.5 Å². The van der Waals surface area contributed by atoms with Gasteiger partial charge in [0.1, 0.15) is 19.8 Å². The standard InChI is InChI=1S/C46H82NO9P/c1-6-8-10-11-12-13-14-15-16-17-21-24-27-30-33-37-45(49)53-41-44(42-55-57(51,52)54-40-39-47(3,4)5)56-46(50)38-34-31-28-25-22-19-18-20-23-26-29-32-36-43(48)35-9-7-2/h13-14,18-19,23,25-26,28,32,36,43-44,48H,6-12,15-17,20-22,24,27,29-31,33-35,37-42H2,1-5H3/b14-13-,19-18-,26-23-,28-25-,36-32-/t43-,44-/m1/s1. The van der Waals surface area contributed by atoms with Crippen molar-refractivity contribution in [1.29, 1.82) is 0 Å². The molecule has 0 aliphatic carbocycles. The first-order valence-corrected chi connectivity index (χ1v) is 23.5. The summed E-state index contributed by atoms with van der Waals surface area (Å²) in [5.41, 5.74) is 0. The summed E-state index contributed by atoms with van der Waals surface area (Å²) >= 11 is 0. The van der Waals surface area contributed by atoms with E-state index in [0.717, 1.165) is 64.2 Å². The zero-order chi connectivity index (χ0) is 42.3. The van der Waals surface area contributed by atoms with Crippen molar-refractivity contribution in [2.45, 2.75) is 174 Å². The van der Waals surface area contributed by atoms with Crippen molar-refractivity contribution in [1.82, 2.24) is 0 Å². The predicted molar refractivity (Wildman–Crippen MR) is 232 cm³/mol. The Morgan fingerprint density at radius 2 is 1.14 bits per heavy atom. The molecule has 0 rings (SSSR count). The van der Waals surface area contributed by atoms with Crippen LogP contribution in [0.4, 0.5) is 0 Å². The lowest BCUT2D eigenvalue weighted by atomic mass is 10.1. The largest absolute Gasteiger partial charge is 0.756 e. The van der Waals surface area contributed by atoms with E-state index in [-0.39, 0.29) is 32.2 Å². The van der Waals surface area contributed by atoms with E-state index >= 15 is 0 Å². The van der Waals surface area contributed by atoms with Crippen molar-refractivity contribution in [3.8, 4) is 0 Å². The molecule has 0 aliphatic heterocycles. The number of nitrogens with zero attached hydrogens (tertiary/aromatic N) is 1. The molecule has 0 bridgehead atoms. The number of hydrogen-bond acceptors (Lipinski definition) is 9. The number of carbonyl (C=O) groups is 2. The van der Waals surface area contributed by atoms with E-state index in [1.54, 1.807) is 0 Å². The zero-order valence-corrected chi connectivity index (χ0v) is 37.5. The Balaban J connectivity index is 4.50. The van der Waals surface area contributed by atoms with Gasteiger partial charge in [0.2, 0.25) is 0 Å². The van der Waals surface area contributed by atoms with E-state index in [9.17, 15) is 24.2 Å². The molecule has 1 N–H and O–H groups in total. The van der Waals surface area contributed by atoms with Crippen LogP contribution in [0, 0.1) is 0 Å². The summed E-state index contributed by atoms with van der Waals surface area (Å²) in [4.78, 5) is 37.5. The molecule has 3 atom stereocenters. The molecule has 0 aromatic carbocycles. The minimum atomic E-state index is -4.65. The summed E-state index contributed by atoms with van der Waals surface area (Å²) in [6, 6.07) is 0. The quantitative estimate of drug-likeness (QED) is 0.0212. The van der Waals surface area contributed by atoms with Gasteiger partial charge < -0.3 is 33.0 Å². The number of unbranched alkanes of at least 4 members (excludes halogenated alkanes) is 13. The summed E-state index contributed by atoms with van der Waals surface area (Å²) in [6.45, 7) is 3.96. The highest BCUT2D eigenvalue weighted by atomic mass is 31.2. The van der Waals surface area contributed by atoms with Crippen LogP contribution in [0.5, 0.6) is 0 Å². The second-order valence-electron chi connectivity index (χ2n) is 15.9. The number of aliphatic hydroxyl groups excluding tert-OH is 1. The molecule has 0 spiro atoms. The molecule has 0 saturated carbocycles. The van der Waals surface area contributed by atoms with Crippen LogP contribution < -0.4 is 4.89 Å². The van der Waals surface area contributed by atoms with Gasteiger partial charge in [-0.3, -0.25) is 14.2 Å². The highest BCUT2D eigenvalue weighted by Crippen LogP contribution is 2.38.